The second-order valence-corrected chi connectivity index (χ2v) is 6.70. The van der Waals surface area contributed by atoms with Gasteiger partial charge < -0.3 is 9.84 Å². The number of nitrogens with one attached hydrogen (secondary N) is 1. The van der Waals surface area contributed by atoms with Gasteiger partial charge in [0, 0.05) is 17.0 Å². The lowest BCUT2D eigenvalue weighted by Gasteiger charge is -2.20. The van der Waals surface area contributed by atoms with E-state index >= 15 is 0 Å². The maximum atomic E-state index is 12.6. The molecule has 3 aromatic rings. The molecular formula is C21H21ClN2O2. The highest BCUT2D eigenvalue weighted by Crippen LogP contribution is 2.24. The van der Waals surface area contributed by atoms with Gasteiger partial charge in [-0.1, -0.05) is 59.2 Å². The predicted molar refractivity (Wildman–Crippen MR) is 102 cm³/mol. The first-order valence-corrected chi connectivity index (χ1v) is 8.94. The van der Waals surface area contributed by atoms with Gasteiger partial charge in [0.05, 0.1) is 11.7 Å². The molecule has 0 bridgehead atoms. The average molecular weight is 369 g/mol. The zero-order chi connectivity index (χ0) is 18.5. The van der Waals surface area contributed by atoms with Crippen LogP contribution in [0.4, 0.5) is 0 Å². The lowest BCUT2D eigenvalue weighted by molar-refractivity contribution is -0.121. The van der Waals surface area contributed by atoms with E-state index in [1.165, 1.54) is 0 Å². The van der Waals surface area contributed by atoms with Crippen LogP contribution >= 0.6 is 11.6 Å². The lowest BCUT2D eigenvalue weighted by Crippen LogP contribution is -2.29. The van der Waals surface area contributed by atoms with Crippen molar-refractivity contribution in [3.63, 3.8) is 0 Å². The Bertz CT molecular complexity index is 853. The van der Waals surface area contributed by atoms with Crippen LogP contribution in [-0.2, 0) is 11.2 Å². The summed E-state index contributed by atoms with van der Waals surface area (Å²) in [5.74, 6) is 0.751. The number of aromatic nitrogens is 1. The molecule has 1 heterocycles. The Balaban J connectivity index is 1.75. The number of hydrogen-bond donors (Lipinski definition) is 1. The Kier molecular flexibility index (Phi) is 5.74. The Morgan fingerprint density at radius 2 is 1.73 bits per heavy atom. The standard InChI is InChI=1S/C21H21ClN2O2/c1-14-19(15(2)26-24-14)12-13-20(25)23-21(16-6-4-3-5-7-16)17-8-10-18(22)11-9-17/h3-11,21H,12-13H2,1-2H3,(H,23,25). The summed E-state index contributed by atoms with van der Waals surface area (Å²) in [7, 11) is 0. The fourth-order valence-electron chi connectivity index (χ4n) is 2.99. The summed E-state index contributed by atoms with van der Waals surface area (Å²) in [4.78, 5) is 12.6. The first kappa shape index (κ1) is 18.2. The van der Waals surface area contributed by atoms with Crippen LogP contribution < -0.4 is 5.32 Å². The van der Waals surface area contributed by atoms with E-state index in [-0.39, 0.29) is 11.9 Å². The highest BCUT2D eigenvalue weighted by molar-refractivity contribution is 6.30. The molecule has 1 amide bonds. The minimum atomic E-state index is -0.217. The molecule has 0 fully saturated rings. The van der Waals surface area contributed by atoms with Crippen molar-refractivity contribution in [1.82, 2.24) is 10.5 Å². The van der Waals surface area contributed by atoms with Gasteiger partial charge in [-0.15, -0.1) is 0 Å². The van der Waals surface area contributed by atoms with Crippen LogP contribution in [0.5, 0.6) is 0 Å². The molecule has 26 heavy (non-hydrogen) atoms. The molecule has 4 nitrogen and oxygen atoms in total. The zero-order valence-corrected chi connectivity index (χ0v) is 15.6. The van der Waals surface area contributed by atoms with Gasteiger partial charge in [0.1, 0.15) is 5.76 Å². The van der Waals surface area contributed by atoms with Crippen molar-refractivity contribution in [2.24, 2.45) is 0 Å². The minimum absolute atomic E-state index is 0.0196. The number of rotatable bonds is 6. The molecule has 0 aliphatic rings. The first-order chi connectivity index (χ1) is 12.5. The van der Waals surface area contributed by atoms with Crippen LogP contribution in [0.1, 0.15) is 40.6 Å². The molecule has 0 radical (unpaired) electrons. The number of carbonyl (C=O) groups is 1. The van der Waals surface area contributed by atoms with E-state index < -0.39 is 0 Å². The molecule has 2 aromatic carbocycles. The molecule has 1 N–H and O–H groups in total. The van der Waals surface area contributed by atoms with Gasteiger partial charge in [0.15, 0.2) is 0 Å². The van der Waals surface area contributed by atoms with Gasteiger partial charge in [0.2, 0.25) is 5.91 Å². The fraction of sp³-hybridized carbons (Fsp3) is 0.238. The molecular weight excluding hydrogens is 348 g/mol. The van der Waals surface area contributed by atoms with Crippen LogP contribution in [0, 0.1) is 13.8 Å². The average Bonchev–Trinajstić information content (AvgIpc) is 2.97. The van der Waals surface area contributed by atoms with E-state index in [0.29, 0.717) is 17.9 Å². The predicted octanol–water partition coefficient (Wildman–Crippen LogP) is 4.78. The topological polar surface area (TPSA) is 55.1 Å². The second kappa shape index (κ2) is 8.19. The van der Waals surface area contributed by atoms with Crippen LogP contribution in [0.3, 0.4) is 0 Å². The van der Waals surface area contributed by atoms with Crippen molar-refractivity contribution >= 4 is 17.5 Å². The van der Waals surface area contributed by atoms with Gasteiger partial charge in [0.25, 0.3) is 0 Å². The van der Waals surface area contributed by atoms with Gasteiger partial charge in [-0.05, 0) is 43.5 Å². The van der Waals surface area contributed by atoms with E-state index in [9.17, 15) is 4.79 Å². The number of nitrogens with zero attached hydrogens (tertiary/aromatic N) is 1. The lowest BCUT2D eigenvalue weighted by atomic mass is 9.98. The second-order valence-electron chi connectivity index (χ2n) is 6.27. The van der Waals surface area contributed by atoms with Crippen LogP contribution in [0.15, 0.2) is 59.1 Å². The molecule has 0 saturated heterocycles. The minimum Gasteiger partial charge on any atom is -0.361 e. The molecule has 1 unspecified atom stereocenters. The monoisotopic (exact) mass is 368 g/mol. The number of amides is 1. The van der Waals surface area contributed by atoms with E-state index in [0.717, 1.165) is 28.1 Å². The van der Waals surface area contributed by atoms with Crippen molar-refractivity contribution in [1.29, 1.82) is 0 Å². The van der Waals surface area contributed by atoms with Gasteiger partial charge in [-0.2, -0.15) is 0 Å². The highest BCUT2D eigenvalue weighted by atomic mass is 35.5. The maximum Gasteiger partial charge on any atom is 0.221 e. The molecule has 0 aliphatic heterocycles. The summed E-state index contributed by atoms with van der Waals surface area (Å²) < 4.78 is 5.16. The normalized spacial score (nSPS) is 12.0. The highest BCUT2D eigenvalue weighted by Gasteiger charge is 2.18. The number of hydrogen-bond acceptors (Lipinski definition) is 3. The third-order valence-corrected chi connectivity index (χ3v) is 4.68. The smallest absolute Gasteiger partial charge is 0.221 e. The van der Waals surface area contributed by atoms with Crippen molar-refractivity contribution in [3.05, 3.63) is 87.8 Å². The van der Waals surface area contributed by atoms with Gasteiger partial charge in [-0.25, -0.2) is 0 Å². The van der Waals surface area contributed by atoms with E-state index in [1.54, 1.807) is 0 Å². The molecule has 0 spiro atoms. The fourth-order valence-corrected chi connectivity index (χ4v) is 3.12. The van der Waals surface area contributed by atoms with E-state index in [4.69, 9.17) is 16.1 Å². The van der Waals surface area contributed by atoms with Gasteiger partial charge in [-0.3, -0.25) is 4.79 Å². The summed E-state index contributed by atoms with van der Waals surface area (Å²) >= 11 is 6.00. The van der Waals surface area contributed by atoms with Crippen molar-refractivity contribution in [2.75, 3.05) is 0 Å². The summed E-state index contributed by atoms with van der Waals surface area (Å²) in [5, 5.41) is 7.75. The zero-order valence-electron chi connectivity index (χ0n) is 14.8. The van der Waals surface area contributed by atoms with E-state index in [2.05, 4.69) is 10.5 Å². The number of aryl methyl sites for hydroxylation is 2. The third kappa shape index (κ3) is 4.33. The molecule has 1 aromatic heterocycles. The van der Waals surface area contributed by atoms with Crippen molar-refractivity contribution in [3.8, 4) is 0 Å². The molecule has 3 rings (SSSR count). The molecule has 0 saturated carbocycles. The van der Waals surface area contributed by atoms with Crippen molar-refractivity contribution in [2.45, 2.75) is 32.7 Å². The van der Waals surface area contributed by atoms with Crippen LogP contribution in [-0.4, -0.2) is 11.1 Å². The summed E-state index contributed by atoms with van der Waals surface area (Å²) in [6.07, 6.45) is 0.981. The molecule has 134 valence electrons. The number of carbonyl (C=O) groups excluding carboxylic acids is 1. The first-order valence-electron chi connectivity index (χ1n) is 8.56. The maximum absolute atomic E-state index is 12.6. The third-order valence-electron chi connectivity index (χ3n) is 4.42. The summed E-state index contributed by atoms with van der Waals surface area (Å²) in [6, 6.07) is 17.2. The van der Waals surface area contributed by atoms with Crippen molar-refractivity contribution < 1.29 is 9.32 Å². The quantitative estimate of drug-likeness (QED) is 0.681. The SMILES string of the molecule is Cc1noc(C)c1CCC(=O)NC(c1ccccc1)c1ccc(Cl)cc1. The number of halogens is 1. The Morgan fingerprint density at radius 1 is 1.08 bits per heavy atom. The van der Waals surface area contributed by atoms with Gasteiger partial charge >= 0.3 is 0 Å². The molecule has 0 aliphatic carbocycles. The largest absolute Gasteiger partial charge is 0.361 e. The summed E-state index contributed by atoms with van der Waals surface area (Å²) in [6.45, 7) is 3.76. The Morgan fingerprint density at radius 3 is 2.35 bits per heavy atom. The van der Waals surface area contributed by atoms with Crippen LogP contribution in [0.25, 0.3) is 0 Å². The van der Waals surface area contributed by atoms with E-state index in [1.807, 2.05) is 68.4 Å². The molecule has 5 heteroatoms. The van der Waals surface area contributed by atoms with Crippen LogP contribution in [0.2, 0.25) is 5.02 Å². The Hall–Kier alpha value is -2.59. The number of benzene rings is 2. The Labute approximate surface area is 158 Å². The molecule has 1 atom stereocenters. The summed E-state index contributed by atoms with van der Waals surface area (Å²) in [5.41, 5.74) is 3.86.